The minimum Gasteiger partial charge on any atom is -0.302 e. The first kappa shape index (κ1) is 13.5. The standard InChI is InChI=1S/C12H10Cl2N2OS/c13-9-2-3-10(14)8(7-9)1-4-11(17)16-12-15-5-6-18-12/h1-4,7H,5-6H2,(H,15,16,17). The molecular weight excluding hydrogens is 291 g/mol. The number of carbonyl (C=O) groups excluding carboxylic acids is 1. The summed E-state index contributed by atoms with van der Waals surface area (Å²) >= 11 is 13.4. The highest BCUT2D eigenvalue weighted by molar-refractivity contribution is 8.14. The SMILES string of the molecule is O=C(C=Cc1cc(Cl)ccc1Cl)NC1=NCCS1. The van der Waals surface area contributed by atoms with Gasteiger partial charge >= 0.3 is 0 Å². The zero-order chi connectivity index (χ0) is 13.0. The van der Waals surface area contributed by atoms with E-state index in [-0.39, 0.29) is 5.91 Å². The van der Waals surface area contributed by atoms with Crippen molar-refractivity contribution in [3.8, 4) is 0 Å². The molecule has 3 nitrogen and oxygen atoms in total. The molecule has 0 atom stereocenters. The Balaban J connectivity index is 2.01. The Kier molecular flexibility index (Phi) is 4.69. The van der Waals surface area contributed by atoms with Gasteiger partial charge in [0, 0.05) is 21.9 Å². The maximum absolute atomic E-state index is 11.6. The number of amides is 1. The van der Waals surface area contributed by atoms with Crippen molar-refractivity contribution in [2.75, 3.05) is 12.3 Å². The summed E-state index contributed by atoms with van der Waals surface area (Å²) in [6.45, 7) is 0.754. The Bertz CT molecular complexity index is 529. The van der Waals surface area contributed by atoms with Crippen LogP contribution in [0.5, 0.6) is 0 Å². The van der Waals surface area contributed by atoms with Crippen LogP contribution in [0, 0.1) is 0 Å². The van der Waals surface area contributed by atoms with Crippen molar-refractivity contribution in [1.82, 2.24) is 5.32 Å². The van der Waals surface area contributed by atoms with Crippen LogP contribution in [0.2, 0.25) is 10.0 Å². The number of thioether (sulfide) groups is 1. The highest BCUT2D eigenvalue weighted by Gasteiger charge is 2.08. The van der Waals surface area contributed by atoms with E-state index in [2.05, 4.69) is 10.3 Å². The van der Waals surface area contributed by atoms with Gasteiger partial charge in [-0.3, -0.25) is 9.79 Å². The van der Waals surface area contributed by atoms with Crippen LogP contribution in [0.25, 0.3) is 6.08 Å². The van der Waals surface area contributed by atoms with Crippen molar-refractivity contribution in [3.63, 3.8) is 0 Å². The first-order valence-corrected chi connectivity index (χ1v) is 7.00. The minimum atomic E-state index is -0.223. The molecule has 1 aromatic rings. The van der Waals surface area contributed by atoms with Gasteiger partial charge in [0.25, 0.3) is 0 Å². The molecule has 18 heavy (non-hydrogen) atoms. The van der Waals surface area contributed by atoms with Gasteiger partial charge in [-0.15, -0.1) is 0 Å². The molecule has 0 saturated heterocycles. The molecule has 0 spiro atoms. The molecule has 1 N–H and O–H groups in total. The summed E-state index contributed by atoms with van der Waals surface area (Å²) in [5.74, 6) is 0.693. The van der Waals surface area contributed by atoms with E-state index in [1.165, 1.54) is 17.8 Å². The van der Waals surface area contributed by atoms with Gasteiger partial charge in [0.15, 0.2) is 5.17 Å². The number of nitrogens with one attached hydrogen (secondary N) is 1. The van der Waals surface area contributed by atoms with Crippen molar-refractivity contribution in [1.29, 1.82) is 0 Å². The smallest absolute Gasteiger partial charge is 0.249 e. The Morgan fingerprint density at radius 2 is 2.28 bits per heavy atom. The molecule has 1 aliphatic rings. The Morgan fingerprint density at radius 3 is 3.00 bits per heavy atom. The zero-order valence-electron chi connectivity index (χ0n) is 9.32. The third-order valence-corrected chi connectivity index (χ3v) is 3.66. The number of hydrogen-bond acceptors (Lipinski definition) is 3. The quantitative estimate of drug-likeness (QED) is 0.852. The molecule has 0 aromatic heterocycles. The normalized spacial score (nSPS) is 14.9. The van der Waals surface area contributed by atoms with E-state index in [1.807, 2.05) is 0 Å². The van der Waals surface area contributed by atoms with Crippen LogP contribution < -0.4 is 5.32 Å². The largest absolute Gasteiger partial charge is 0.302 e. The molecule has 0 fully saturated rings. The fourth-order valence-electron chi connectivity index (χ4n) is 1.37. The van der Waals surface area contributed by atoms with Gasteiger partial charge < -0.3 is 5.32 Å². The number of benzene rings is 1. The fraction of sp³-hybridized carbons (Fsp3) is 0.167. The van der Waals surface area contributed by atoms with Gasteiger partial charge in [-0.2, -0.15) is 0 Å². The molecule has 1 aliphatic heterocycles. The predicted molar refractivity (Wildman–Crippen MR) is 78.4 cm³/mol. The maximum Gasteiger partial charge on any atom is 0.249 e. The van der Waals surface area contributed by atoms with Crippen molar-refractivity contribution in [2.45, 2.75) is 0 Å². The van der Waals surface area contributed by atoms with Gasteiger partial charge in [0.1, 0.15) is 0 Å². The molecule has 0 unspecified atom stereocenters. The Labute approximate surface area is 119 Å². The minimum absolute atomic E-state index is 0.223. The molecular formula is C12H10Cl2N2OS. The van der Waals surface area contributed by atoms with E-state index in [1.54, 1.807) is 24.3 Å². The molecule has 0 radical (unpaired) electrons. The first-order valence-electron chi connectivity index (χ1n) is 5.26. The third-order valence-electron chi connectivity index (χ3n) is 2.19. The number of hydrogen-bond donors (Lipinski definition) is 1. The van der Waals surface area contributed by atoms with E-state index in [0.717, 1.165) is 12.3 Å². The summed E-state index contributed by atoms with van der Waals surface area (Å²) in [7, 11) is 0. The lowest BCUT2D eigenvalue weighted by atomic mass is 10.2. The molecule has 94 valence electrons. The maximum atomic E-state index is 11.6. The van der Waals surface area contributed by atoms with Crippen molar-refractivity contribution in [3.05, 3.63) is 39.9 Å². The fourth-order valence-corrected chi connectivity index (χ4v) is 2.46. The Hall–Kier alpha value is -0.970. The molecule has 0 bridgehead atoms. The average molecular weight is 301 g/mol. The molecule has 0 saturated carbocycles. The average Bonchev–Trinajstić information content (AvgIpc) is 2.83. The zero-order valence-corrected chi connectivity index (χ0v) is 11.6. The summed E-state index contributed by atoms with van der Waals surface area (Å²) < 4.78 is 0. The molecule has 2 rings (SSSR count). The number of nitrogens with zero attached hydrogens (tertiary/aromatic N) is 1. The molecule has 6 heteroatoms. The van der Waals surface area contributed by atoms with Gasteiger partial charge in [0.2, 0.25) is 5.91 Å². The lowest BCUT2D eigenvalue weighted by Crippen LogP contribution is -2.25. The number of aliphatic imine (C=N–C) groups is 1. The van der Waals surface area contributed by atoms with Gasteiger partial charge in [-0.05, 0) is 29.8 Å². The summed E-state index contributed by atoms with van der Waals surface area (Å²) in [5, 5.41) is 4.49. The van der Waals surface area contributed by atoms with Crippen molar-refractivity contribution in [2.24, 2.45) is 4.99 Å². The van der Waals surface area contributed by atoms with E-state index in [0.29, 0.717) is 20.8 Å². The van der Waals surface area contributed by atoms with Crippen molar-refractivity contribution < 1.29 is 4.79 Å². The van der Waals surface area contributed by atoms with Crippen LogP contribution in [0.1, 0.15) is 5.56 Å². The van der Waals surface area contributed by atoms with E-state index >= 15 is 0 Å². The topological polar surface area (TPSA) is 41.5 Å². The second-order valence-electron chi connectivity index (χ2n) is 3.52. The lowest BCUT2D eigenvalue weighted by Gasteiger charge is -2.00. The summed E-state index contributed by atoms with van der Waals surface area (Å²) in [5.41, 5.74) is 0.709. The summed E-state index contributed by atoms with van der Waals surface area (Å²) in [4.78, 5) is 15.7. The first-order chi connectivity index (χ1) is 8.65. The molecule has 1 heterocycles. The second-order valence-corrected chi connectivity index (χ2v) is 5.45. The van der Waals surface area contributed by atoms with E-state index in [4.69, 9.17) is 23.2 Å². The van der Waals surface area contributed by atoms with E-state index in [9.17, 15) is 4.79 Å². The monoisotopic (exact) mass is 300 g/mol. The van der Waals surface area contributed by atoms with Crippen LogP contribution in [0.15, 0.2) is 29.3 Å². The van der Waals surface area contributed by atoms with Gasteiger partial charge in [0.05, 0.1) is 6.54 Å². The van der Waals surface area contributed by atoms with Crippen LogP contribution in [-0.2, 0) is 4.79 Å². The lowest BCUT2D eigenvalue weighted by molar-refractivity contribution is -0.115. The predicted octanol–water partition coefficient (Wildman–Crippen LogP) is 3.23. The highest BCUT2D eigenvalue weighted by atomic mass is 35.5. The summed E-state index contributed by atoms with van der Waals surface area (Å²) in [6, 6.07) is 5.10. The number of halogens is 2. The molecule has 0 aliphatic carbocycles. The highest BCUT2D eigenvalue weighted by Crippen LogP contribution is 2.21. The van der Waals surface area contributed by atoms with Crippen molar-refractivity contribution >= 4 is 52.1 Å². The Morgan fingerprint density at radius 1 is 1.44 bits per heavy atom. The van der Waals surface area contributed by atoms with Gasteiger partial charge in [-0.1, -0.05) is 35.0 Å². The number of amidine groups is 1. The summed E-state index contributed by atoms with van der Waals surface area (Å²) in [6.07, 6.45) is 3.04. The van der Waals surface area contributed by atoms with Gasteiger partial charge in [-0.25, -0.2) is 0 Å². The van der Waals surface area contributed by atoms with E-state index < -0.39 is 0 Å². The van der Waals surface area contributed by atoms with Crippen LogP contribution >= 0.6 is 35.0 Å². The van der Waals surface area contributed by atoms with Crippen LogP contribution in [0.4, 0.5) is 0 Å². The molecule has 1 aromatic carbocycles. The second kappa shape index (κ2) is 6.27. The molecule has 1 amide bonds. The number of rotatable bonds is 2. The third kappa shape index (κ3) is 3.77. The van der Waals surface area contributed by atoms with Crippen LogP contribution in [-0.4, -0.2) is 23.4 Å². The van der Waals surface area contributed by atoms with Crippen LogP contribution in [0.3, 0.4) is 0 Å². The number of carbonyl (C=O) groups is 1.